The fourth-order valence-electron chi connectivity index (χ4n) is 3.30. The van der Waals surface area contributed by atoms with Crippen molar-refractivity contribution in [2.24, 2.45) is 0 Å². The fourth-order valence-corrected chi connectivity index (χ4v) is 3.30. The average molecular weight is 314 g/mol. The highest BCUT2D eigenvalue weighted by Gasteiger charge is 2.48. The van der Waals surface area contributed by atoms with Crippen molar-refractivity contribution in [3.8, 4) is 0 Å². The smallest absolute Gasteiger partial charge is 0.176 e. The van der Waals surface area contributed by atoms with Crippen LogP contribution < -0.4 is 0 Å². The quantitative estimate of drug-likeness (QED) is 0.574. The molecule has 1 aliphatic heterocycles. The lowest BCUT2D eigenvalue weighted by atomic mass is 9.83. The van der Waals surface area contributed by atoms with E-state index in [0.29, 0.717) is 0 Å². The van der Waals surface area contributed by atoms with Crippen LogP contribution in [0, 0.1) is 0 Å². The van der Waals surface area contributed by atoms with Gasteiger partial charge in [-0.15, -0.1) is 0 Å². The first-order valence-corrected chi connectivity index (χ1v) is 8.70. The van der Waals surface area contributed by atoms with Gasteiger partial charge in [0, 0.05) is 18.4 Å². The first-order chi connectivity index (χ1) is 11.1. The molecule has 1 aromatic carbocycles. The summed E-state index contributed by atoms with van der Waals surface area (Å²) in [7, 11) is 0. The maximum absolute atomic E-state index is 11.3. The van der Waals surface area contributed by atoms with Crippen LogP contribution in [0.25, 0.3) is 0 Å². The first-order valence-electron chi connectivity index (χ1n) is 8.70. The van der Waals surface area contributed by atoms with Gasteiger partial charge in [-0.1, -0.05) is 55.7 Å². The van der Waals surface area contributed by atoms with Crippen LogP contribution >= 0.6 is 0 Å². The highest BCUT2D eigenvalue weighted by Crippen LogP contribution is 2.46. The Morgan fingerprint density at radius 3 is 2.70 bits per heavy atom. The highest BCUT2D eigenvalue weighted by molar-refractivity contribution is 5.94. The Bertz CT molecular complexity index is 577. The number of rotatable bonds is 6. The zero-order chi connectivity index (χ0) is 16.3. The molecule has 3 rings (SSSR count). The molecule has 1 heterocycles. The molecule has 124 valence electrons. The van der Waals surface area contributed by atoms with Crippen LogP contribution in [-0.2, 0) is 15.9 Å². The minimum absolute atomic E-state index is 0.115. The molecule has 1 aromatic rings. The summed E-state index contributed by atoms with van der Waals surface area (Å²) in [5.74, 6) is -0.202. The minimum Gasteiger partial charge on any atom is -0.347 e. The van der Waals surface area contributed by atoms with Crippen molar-refractivity contribution in [2.45, 2.75) is 64.3 Å². The SMILES string of the molecule is CCCCC1COC2(CC(=CCc3ccc(C(C)=O)cc3)C2)O1. The number of carbonyl (C=O) groups excluding carboxylic acids is 1. The van der Waals surface area contributed by atoms with Crippen molar-refractivity contribution in [1.82, 2.24) is 0 Å². The molecule has 0 amide bonds. The minimum atomic E-state index is -0.317. The van der Waals surface area contributed by atoms with E-state index in [1.54, 1.807) is 6.92 Å². The van der Waals surface area contributed by atoms with E-state index >= 15 is 0 Å². The van der Waals surface area contributed by atoms with Gasteiger partial charge in [0.25, 0.3) is 0 Å². The number of hydrogen-bond donors (Lipinski definition) is 0. The molecule has 1 aliphatic carbocycles. The molecule has 0 N–H and O–H groups in total. The summed E-state index contributed by atoms with van der Waals surface area (Å²) < 4.78 is 12.0. The molecule has 0 radical (unpaired) electrons. The predicted octanol–water partition coefficient (Wildman–Crippen LogP) is 4.45. The molecule has 2 fully saturated rings. The Morgan fingerprint density at radius 2 is 2.04 bits per heavy atom. The van der Waals surface area contributed by atoms with Crippen molar-refractivity contribution in [2.75, 3.05) is 6.61 Å². The summed E-state index contributed by atoms with van der Waals surface area (Å²) in [6.45, 7) is 4.55. The lowest BCUT2D eigenvalue weighted by Gasteiger charge is -2.39. The largest absolute Gasteiger partial charge is 0.347 e. The molecule has 3 heteroatoms. The third kappa shape index (κ3) is 3.91. The Hall–Kier alpha value is -1.45. The van der Waals surface area contributed by atoms with Gasteiger partial charge in [-0.2, -0.15) is 0 Å². The van der Waals surface area contributed by atoms with Gasteiger partial charge in [-0.05, 0) is 25.3 Å². The molecule has 1 unspecified atom stereocenters. The number of hydrogen-bond acceptors (Lipinski definition) is 3. The van der Waals surface area contributed by atoms with Crippen molar-refractivity contribution in [1.29, 1.82) is 0 Å². The second-order valence-corrected chi connectivity index (χ2v) is 6.78. The van der Waals surface area contributed by atoms with Crippen LogP contribution in [0.1, 0.15) is 61.9 Å². The van der Waals surface area contributed by atoms with Gasteiger partial charge < -0.3 is 9.47 Å². The molecule has 3 nitrogen and oxygen atoms in total. The van der Waals surface area contributed by atoms with Gasteiger partial charge in [0.05, 0.1) is 12.7 Å². The zero-order valence-electron chi connectivity index (χ0n) is 14.1. The molecule has 2 aliphatic rings. The number of Topliss-reactive ketones (excluding diaryl/α,β-unsaturated/α-hetero) is 1. The van der Waals surface area contributed by atoms with Gasteiger partial charge in [-0.3, -0.25) is 4.79 Å². The molecule has 23 heavy (non-hydrogen) atoms. The van der Waals surface area contributed by atoms with Crippen LogP contribution in [0.5, 0.6) is 0 Å². The lowest BCUT2D eigenvalue weighted by molar-refractivity contribution is -0.193. The molecule has 0 bridgehead atoms. The number of carbonyl (C=O) groups is 1. The van der Waals surface area contributed by atoms with Crippen LogP contribution in [0.4, 0.5) is 0 Å². The summed E-state index contributed by atoms with van der Waals surface area (Å²) in [6.07, 6.45) is 8.81. The maximum Gasteiger partial charge on any atom is 0.176 e. The van der Waals surface area contributed by atoms with Gasteiger partial charge in [-0.25, -0.2) is 0 Å². The Kier molecular flexibility index (Phi) is 4.98. The van der Waals surface area contributed by atoms with E-state index in [9.17, 15) is 4.79 Å². The molecular formula is C20H26O3. The van der Waals surface area contributed by atoms with E-state index in [-0.39, 0.29) is 17.7 Å². The van der Waals surface area contributed by atoms with Gasteiger partial charge in [0.1, 0.15) is 0 Å². The molecule has 0 aromatic heterocycles. The number of ketones is 1. The normalized spacial score (nSPS) is 26.3. The number of ether oxygens (including phenoxy) is 2. The second-order valence-electron chi connectivity index (χ2n) is 6.78. The maximum atomic E-state index is 11.3. The molecule has 1 saturated heterocycles. The monoisotopic (exact) mass is 314 g/mol. The first kappa shape index (κ1) is 16.4. The summed E-state index contributed by atoms with van der Waals surface area (Å²) in [5.41, 5.74) is 3.42. The third-order valence-electron chi connectivity index (χ3n) is 4.77. The Labute approximate surface area is 138 Å². The Morgan fingerprint density at radius 1 is 1.30 bits per heavy atom. The van der Waals surface area contributed by atoms with Crippen molar-refractivity contribution in [3.05, 3.63) is 47.0 Å². The molecule has 1 atom stereocenters. The van der Waals surface area contributed by atoms with E-state index < -0.39 is 0 Å². The van der Waals surface area contributed by atoms with Crippen molar-refractivity contribution >= 4 is 5.78 Å². The predicted molar refractivity (Wildman–Crippen MR) is 90.5 cm³/mol. The average Bonchev–Trinajstić information content (AvgIpc) is 2.94. The van der Waals surface area contributed by atoms with E-state index in [1.165, 1.54) is 24.0 Å². The number of allylic oxidation sites excluding steroid dienone is 1. The topological polar surface area (TPSA) is 35.5 Å². The zero-order valence-corrected chi connectivity index (χ0v) is 14.1. The fraction of sp³-hybridized carbons (Fsp3) is 0.550. The number of benzene rings is 1. The summed E-state index contributed by atoms with van der Waals surface area (Å²) in [4.78, 5) is 11.3. The van der Waals surface area contributed by atoms with E-state index in [4.69, 9.17) is 9.47 Å². The third-order valence-corrected chi connectivity index (χ3v) is 4.77. The van der Waals surface area contributed by atoms with Gasteiger partial charge in [0.15, 0.2) is 11.6 Å². The molecule has 1 saturated carbocycles. The van der Waals surface area contributed by atoms with E-state index in [2.05, 4.69) is 13.0 Å². The van der Waals surface area contributed by atoms with Crippen LogP contribution in [0.2, 0.25) is 0 Å². The summed E-state index contributed by atoms with van der Waals surface area (Å²) in [6, 6.07) is 7.87. The van der Waals surface area contributed by atoms with E-state index in [1.807, 2.05) is 24.3 Å². The highest BCUT2D eigenvalue weighted by atomic mass is 16.7. The van der Waals surface area contributed by atoms with Crippen molar-refractivity contribution < 1.29 is 14.3 Å². The molecule has 1 spiro atoms. The van der Waals surface area contributed by atoms with Crippen LogP contribution in [0.3, 0.4) is 0 Å². The van der Waals surface area contributed by atoms with Crippen LogP contribution in [-0.4, -0.2) is 24.3 Å². The van der Waals surface area contributed by atoms with Gasteiger partial charge in [0.2, 0.25) is 0 Å². The molecular weight excluding hydrogens is 288 g/mol. The Balaban J connectivity index is 1.48. The summed E-state index contributed by atoms with van der Waals surface area (Å²) in [5, 5.41) is 0. The number of unbranched alkanes of at least 4 members (excludes halogenated alkanes) is 1. The van der Waals surface area contributed by atoms with Crippen molar-refractivity contribution in [3.63, 3.8) is 0 Å². The van der Waals surface area contributed by atoms with Gasteiger partial charge >= 0.3 is 0 Å². The standard InChI is InChI=1S/C20H26O3/c1-3-4-5-19-14-22-20(23-19)12-17(13-20)7-6-16-8-10-18(11-9-16)15(2)21/h7-11,19H,3-6,12-14H2,1-2H3. The lowest BCUT2D eigenvalue weighted by Crippen LogP contribution is -2.40. The summed E-state index contributed by atoms with van der Waals surface area (Å²) >= 11 is 0. The second kappa shape index (κ2) is 6.98. The van der Waals surface area contributed by atoms with E-state index in [0.717, 1.165) is 37.9 Å². The van der Waals surface area contributed by atoms with Crippen LogP contribution in [0.15, 0.2) is 35.9 Å².